The van der Waals surface area contributed by atoms with Crippen molar-refractivity contribution in [1.29, 1.82) is 0 Å². The number of fused-ring (bicyclic) bond motifs is 1. The zero-order chi connectivity index (χ0) is 26.4. The number of nitrogens with one attached hydrogen (secondary N) is 1. The number of nitrogens with two attached hydrogens (primary N) is 1. The van der Waals surface area contributed by atoms with Crippen molar-refractivity contribution in [3.05, 3.63) is 28.8 Å². The number of aliphatic hydroxyl groups is 2. The van der Waals surface area contributed by atoms with Crippen LogP contribution in [0.5, 0.6) is 5.75 Å². The lowest BCUT2D eigenvalue weighted by Gasteiger charge is -2.61. The molecule has 1 aliphatic heterocycles. The normalized spacial score (nSPS) is 31.2. The number of hydrogen-bond acceptors (Lipinski definition) is 7. The van der Waals surface area contributed by atoms with Gasteiger partial charge in [0, 0.05) is 42.6 Å². The number of likely N-dealkylation sites (tertiary alicyclic amines) is 1. The minimum atomic E-state index is -1.79. The highest BCUT2D eigenvalue weighted by molar-refractivity contribution is 5.96. The van der Waals surface area contributed by atoms with Crippen molar-refractivity contribution in [2.24, 2.45) is 11.7 Å². The van der Waals surface area contributed by atoms with E-state index in [-0.39, 0.29) is 29.6 Å². The molecule has 1 aromatic carbocycles. The van der Waals surface area contributed by atoms with Gasteiger partial charge in [0.25, 0.3) is 5.91 Å². The summed E-state index contributed by atoms with van der Waals surface area (Å²) in [5, 5.41) is 47.1. The summed E-state index contributed by atoms with van der Waals surface area (Å²) in [5.74, 6) is -2.77. The van der Waals surface area contributed by atoms with E-state index in [4.69, 9.17) is 21.1 Å². The maximum Gasteiger partial charge on any atom is 0.333 e. The average molecular weight is 506 g/mol. The number of hydrogen-bond donors (Lipinski definition) is 7. The molecule has 3 aliphatic carbocycles. The van der Waals surface area contributed by atoms with E-state index in [1.807, 2.05) is 6.07 Å². The fraction of sp³-hybridized carbons (Fsp3) is 0.600. The van der Waals surface area contributed by atoms with Crippen LogP contribution < -0.4 is 10.6 Å². The van der Waals surface area contributed by atoms with Gasteiger partial charge in [-0.2, -0.15) is 0 Å². The molecule has 196 valence electrons. The summed E-state index contributed by atoms with van der Waals surface area (Å²) in [4.78, 5) is 45.1. The number of quaternary nitrogens is 1. The van der Waals surface area contributed by atoms with Crippen molar-refractivity contribution in [3.63, 3.8) is 0 Å². The number of carboxylic acids is 2. The first-order valence-electron chi connectivity index (χ1n) is 12.3. The molecule has 2 bridgehead atoms. The van der Waals surface area contributed by atoms with Crippen LogP contribution in [-0.4, -0.2) is 80.0 Å². The molecule has 0 spiro atoms. The van der Waals surface area contributed by atoms with Crippen LogP contribution in [0.4, 0.5) is 0 Å². The van der Waals surface area contributed by atoms with Crippen LogP contribution in [0, 0.1) is 5.92 Å². The van der Waals surface area contributed by atoms with Gasteiger partial charge in [0.2, 0.25) is 0 Å². The molecule has 1 unspecified atom stereocenters. The van der Waals surface area contributed by atoms with Crippen LogP contribution in [0.25, 0.3) is 0 Å². The predicted molar refractivity (Wildman–Crippen MR) is 124 cm³/mol. The standard InChI is InChI=1S/C21H26N2O4.C4H6O5/c22-19(26)15-4-3-13-9-16-21(27)6-5-14(24)10-20(21,17(13)18(15)25)7-8-23(16)11-12-1-2-12;5-2(4(8)9)1-3(6)7/h3-4,12,16,25,27H,1-2,5-11H2,(H2,22,26);2,5H,1H2,(H,6,7)(H,8,9)/p+1/t16-,20-,21-;2-/m10/s1. The topological polar surface area (TPSA) is 200 Å². The van der Waals surface area contributed by atoms with Crippen LogP contribution in [-0.2, 0) is 26.2 Å². The number of piperidine rings is 1. The molecular weight excluding hydrogens is 472 g/mol. The Balaban J connectivity index is 0.000000292. The van der Waals surface area contributed by atoms with E-state index < -0.39 is 41.4 Å². The molecule has 3 fully saturated rings. The summed E-state index contributed by atoms with van der Waals surface area (Å²) < 4.78 is 0. The smallest absolute Gasteiger partial charge is 0.333 e. The lowest BCUT2D eigenvalue weighted by atomic mass is 9.49. The van der Waals surface area contributed by atoms with E-state index in [0.717, 1.165) is 24.6 Å². The molecule has 36 heavy (non-hydrogen) atoms. The highest BCUT2D eigenvalue weighted by atomic mass is 16.4. The Kier molecular flexibility index (Phi) is 6.84. The third-order valence-electron chi connectivity index (χ3n) is 8.39. The van der Waals surface area contributed by atoms with Crippen LogP contribution in [0.1, 0.15) is 66.4 Å². The van der Waals surface area contributed by atoms with Crippen molar-refractivity contribution < 1.29 is 49.6 Å². The predicted octanol–water partition coefficient (Wildman–Crippen LogP) is -1.26. The summed E-state index contributed by atoms with van der Waals surface area (Å²) in [6.07, 6.45) is 2.38. The molecule has 8 N–H and O–H groups in total. The highest BCUT2D eigenvalue weighted by Gasteiger charge is 2.68. The third-order valence-corrected chi connectivity index (χ3v) is 8.39. The van der Waals surface area contributed by atoms with Gasteiger partial charge in [-0.1, -0.05) is 6.07 Å². The lowest BCUT2D eigenvalue weighted by molar-refractivity contribution is -0.943. The number of ketones is 1. The maximum absolute atomic E-state index is 12.5. The number of aliphatic hydroxyl groups excluding tert-OH is 1. The minimum absolute atomic E-state index is 0.0336. The fourth-order valence-corrected chi connectivity index (χ4v) is 6.53. The van der Waals surface area contributed by atoms with Crippen molar-refractivity contribution in [2.45, 2.75) is 74.5 Å². The largest absolute Gasteiger partial charge is 0.507 e. The van der Waals surface area contributed by atoms with E-state index in [9.17, 15) is 29.4 Å². The number of Topliss-reactive ketones (excluding diaryl/α,β-unsaturated/α-hetero) is 1. The van der Waals surface area contributed by atoms with Crippen LogP contribution in [0.15, 0.2) is 12.1 Å². The molecule has 11 nitrogen and oxygen atoms in total. The van der Waals surface area contributed by atoms with Gasteiger partial charge < -0.3 is 36.2 Å². The van der Waals surface area contributed by atoms with Crippen molar-refractivity contribution >= 4 is 23.6 Å². The van der Waals surface area contributed by atoms with Gasteiger partial charge in [-0.15, -0.1) is 0 Å². The summed E-state index contributed by atoms with van der Waals surface area (Å²) in [6, 6.07) is 3.48. The van der Waals surface area contributed by atoms with E-state index in [2.05, 4.69) is 0 Å². The van der Waals surface area contributed by atoms with Gasteiger partial charge in [0.05, 0.1) is 25.1 Å². The number of carbonyl (C=O) groups excluding carboxylic acids is 2. The Morgan fingerprint density at radius 3 is 2.42 bits per heavy atom. The molecular formula is C25H33N2O9+. The number of phenols is 1. The summed E-state index contributed by atoms with van der Waals surface area (Å²) in [6.45, 7) is 1.97. The molecule has 0 radical (unpaired) electrons. The fourth-order valence-electron chi connectivity index (χ4n) is 6.53. The molecule has 4 aliphatic rings. The quantitative estimate of drug-likeness (QED) is 0.246. The molecule has 0 aromatic heterocycles. The second-order valence-electron chi connectivity index (χ2n) is 10.6. The first-order chi connectivity index (χ1) is 16.9. The summed E-state index contributed by atoms with van der Waals surface area (Å²) in [7, 11) is 0. The van der Waals surface area contributed by atoms with Crippen LogP contribution >= 0.6 is 0 Å². The first-order valence-corrected chi connectivity index (χ1v) is 12.3. The number of aromatic hydroxyl groups is 1. The van der Waals surface area contributed by atoms with Gasteiger partial charge in [0.15, 0.2) is 6.10 Å². The summed E-state index contributed by atoms with van der Waals surface area (Å²) in [5.41, 5.74) is 5.27. The maximum atomic E-state index is 12.5. The first kappa shape index (κ1) is 26.1. The Hall–Kier alpha value is -3.02. The summed E-state index contributed by atoms with van der Waals surface area (Å²) >= 11 is 0. The zero-order valence-corrected chi connectivity index (χ0v) is 19.9. The number of carboxylic acid groups (broad SMARTS) is 2. The Morgan fingerprint density at radius 2 is 1.86 bits per heavy atom. The van der Waals surface area contributed by atoms with Gasteiger partial charge in [-0.25, -0.2) is 4.79 Å². The number of primary amides is 1. The second-order valence-corrected chi connectivity index (χ2v) is 10.6. The van der Waals surface area contributed by atoms with Gasteiger partial charge in [-0.05, 0) is 30.9 Å². The zero-order valence-electron chi connectivity index (χ0n) is 19.9. The number of benzene rings is 1. The number of rotatable bonds is 6. The van der Waals surface area contributed by atoms with Gasteiger partial charge in [-0.3, -0.25) is 14.4 Å². The highest BCUT2D eigenvalue weighted by Crippen LogP contribution is 2.57. The van der Waals surface area contributed by atoms with E-state index in [1.54, 1.807) is 6.07 Å². The Morgan fingerprint density at radius 1 is 1.17 bits per heavy atom. The SMILES string of the molecule is NC(=O)c1ccc2c(c1O)[C@]13CC[NH+](CC4CC4)[C@H](C2)[C@]1(O)CCC(=O)C3.O=C(O)C[C@H](O)C(=O)O. The van der Waals surface area contributed by atoms with Crippen molar-refractivity contribution in [2.75, 3.05) is 13.1 Å². The Bertz CT molecular complexity index is 1100. The molecule has 5 atom stereocenters. The lowest BCUT2D eigenvalue weighted by Crippen LogP contribution is -3.21. The van der Waals surface area contributed by atoms with Crippen molar-refractivity contribution in [1.82, 2.24) is 0 Å². The second kappa shape index (κ2) is 9.45. The minimum Gasteiger partial charge on any atom is -0.507 e. The van der Waals surface area contributed by atoms with Gasteiger partial charge >= 0.3 is 11.9 Å². The molecule has 2 saturated carbocycles. The molecule has 1 saturated heterocycles. The molecule has 1 heterocycles. The monoisotopic (exact) mass is 505 g/mol. The van der Waals surface area contributed by atoms with Crippen molar-refractivity contribution in [3.8, 4) is 5.75 Å². The molecule has 5 rings (SSSR count). The van der Waals surface area contributed by atoms with E-state index >= 15 is 0 Å². The van der Waals surface area contributed by atoms with Crippen LogP contribution in [0.3, 0.4) is 0 Å². The molecule has 11 heteroatoms. The van der Waals surface area contributed by atoms with Gasteiger partial charge in [0.1, 0.15) is 23.2 Å². The Labute approximate surface area is 207 Å². The van der Waals surface area contributed by atoms with Crippen LogP contribution in [0.2, 0.25) is 0 Å². The van der Waals surface area contributed by atoms with E-state index in [1.165, 1.54) is 17.7 Å². The third kappa shape index (κ3) is 4.46. The average Bonchev–Trinajstić information content (AvgIpc) is 3.60. The number of aliphatic carboxylic acids is 2. The molecule has 1 aromatic rings. The number of carbonyl (C=O) groups is 4. The van der Waals surface area contributed by atoms with E-state index in [0.29, 0.717) is 31.2 Å². The number of amides is 1. The molecule has 1 amide bonds.